The van der Waals surface area contributed by atoms with Crippen molar-refractivity contribution >= 4 is 21.6 Å². The number of hydrogen-bond acceptors (Lipinski definition) is 2. The number of ether oxygens (including phenoxy) is 1. The molecule has 0 atom stereocenters. The summed E-state index contributed by atoms with van der Waals surface area (Å²) >= 11 is 3.63. The van der Waals surface area contributed by atoms with Gasteiger partial charge >= 0.3 is 0 Å². The maximum atomic E-state index is 5.94. The monoisotopic (exact) mass is 409 g/mol. The summed E-state index contributed by atoms with van der Waals surface area (Å²) in [4.78, 5) is 0. The largest absolute Gasteiger partial charge is 0.488 e. The zero-order valence-corrected chi connectivity index (χ0v) is 17.1. The summed E-state index contributed by atoms with van der Waals surface area (Å²) in [6.45, 7) is 7.70. The molecule has 0 aliphatic rings. The van der Waals surface area contributed by atoms with Gasteiger partial charge in [-0.05, 0) is 83.2 Å². The molecule has 0 aliphatic carbocycles. The molecule has 0 spiro atoms. The van der Waals surface area contributed by atoms with Gasteiger partial charge in [-0.2, -0.15) is 0 Å². The molecule has 0 bridgehead atoms. The van der Waals surface area contributed by atoms with Gasteiger partial charge in [-0.3, -0.25) is 0 Å². The normalized spacial score (nSPS) is 10.6. The van der Waals surface area contributed by atoms with Crippen LogP contribution in [0.4, 0.5) is 5.69 Å². The van der Waals surface area contributed by atoms with E-state index < -0.39 is 0 Å². The predicted octanol–water partition coefficient (Wildman–Crippen LogP) is 6.57. The lowest BCUT2D eigenvalue weighted by Gasteiger charge is -2.12. The Labute approximate surface area is 164 Å². The number of halogens is 1. The minimum Gasteiger partial charge on any atom is -0.488 e. The molecule has 3 aromatic carbocycles. The number of anilines is 1. The molecule has 26 heavy (non-hydrogen) atoms. The molecule has 0 saturated heterocycles. The first kappa shape index (κ1) is 18.5. The van der Waals surface area contributed by atoms with Crippen LogP contribution in [0.25, 0.3) is 0 Å². The van der Waals surface area contributed by atoms with Crippen LogP contribution in [-0.2, 0) is 13.2 Å². The van der Waals surface area contributed by atoms with Crippen LogP contribution >= 0.6 is 15.9 Å². The quantitative estimate of drug-likeness (QED) is 0.497. The van der Waals surface area contributed by atoms with Gasteiger partial charge < -0.3 is 10.1 Å². The van der Waals surface area contributed by atoms with Crippen LogP contribution in [0, 0.1) is 20.8 Å². The maximum absolute atomic E-state index is 5.94. The smallest absolute Gasteiger partial charge is 0.134 e. The Bertz CT molecular complexity index is 887. The van der Waals surface area contributed by atoms with Crippen LogP contribution in [-0.4, -0.2) is 0 Å². The van der Waals surface area contributed by atoms with Crippen molar-refractivity contribution in [3.8, 4) is 5.75 Å². The Morgan fingerprint density at radius 2 is 1.54 bits per heavy atom. The maximum Gasteiger partial charge on any atom is 0.134 e. The van der Waals surface area contributed by atoms with Crippen molar-refractivity contribution in [1.29, 1.82) is 0 Å². The lowest BCUT2D eigenvalue weighted by molar-refractivity contribution is 0.304. The van der Waals surface area contributed by atoms with Crippen molar-refractivity contribution < 1.29 is 4.74 Å². The minimum absolute atomic E-state index is 0.569. The number of aryl methyl sites for hydroxylation is 3. The fourth-order valence-corrected chi connectivity index (χ4v) is 3.21. The number of hydrogen-bond donors (Lipinski definition) is 1. The summed E-state index contributed by atoms with van der Waals surface area (Å²) < 4.78 is 6.92. The van der Waals surface area contributed by atoms with Crippen LogP contribution in [0.2, 0.25) is 0 Å². The Morgan fingerprint density at radius 3 is 2.23 bits per heavy atom. The van der Waals surface area contributed by atoms with Gasteiger partial charge in [0.1, 0.15) is 12.4 Å². The van der Waals surface area contributed by atoms with Gasteiger partial charge in [0, 0.05) is 12.2 Å². The van der Waals surface area contributed by atoms with Crippen LogP contribution in [0.5, 0.6) is 5.75 Å². The molecule has 134 valence electrons. The molecule has 0 heterocycles. The summed E-state index contributed by atoms with van der Waals surface area (Å²) in [6.07, 6.45) is 0. The second-order valence-electron chi connectivity index (χ2n) is 6.69. The highest BCUT2D eigenvalue weighted by molar-refractivity contribution is 9.10. The van der Waals surface area contributed by atoms with Crippen molar-refractivity contribution in [2.75, 3.05) is 5.32 Å². The highest BCUT2D eigenvalue weighted by atomic mass is 79.9. The number of rotatable bonds is 6. The second-order valence-corrected chi connectivity index (χ2v) is 7.55. The van der Waals surface area contributed by atoms with Crippen molar-refractivity contribution in [3.05, 3.63) is 93.0 Å². The van der Waals surface area contributed by atoms with Gasteiger partial charge in [-0.1, -0.05) is 42.0 Å². The molecule has 3 rings (SSSR count). The Hall–Kier alpha value is -2.26. The summed E-state index contributed by atoms with van der Waals surface area (Å²) in [5.41, 5.74) is 7.39. The van der Waals surface area contributed by atoms with Crippen LogP contribution in [0.15, 0.2) is 65.1 Å². The van der Waals surface area contributed by atoms with E-state index in [1.54, 1.807) is 0 Å². The third kappa shape index (κ3) is 4.89. The molecular weight excluding hydrogens is 386 g/mol. The van der Waals surface area contributed by atoms with E-state index in [1.165, 1.54) is 27.8 Å². The summed E-state index contributed by atoms with van der Waals surface area (Å²) in [6, 6.07) is 21.1. The van der Waals surface area contributed by atoms with E-state index in [2.05, 4.69) is 96.6 Å². The van der Waals surface area contributed by atoms with Crippen molar-refractivity contribution in [2.24, 2.45) is 0 Å². The summed E-state index contributed by atoms with van der Waals surface area (Å²) in [5.74, 6) is 0.862. The molecule has 0 aromatic heterocycles. The predicted molar refractivity (Wildman–Crippen MR) is 113 cm³/mol. The molecule has 0 radical (unpaired) electrons. The molecule has 0 amide bonds. The van der Waals surface area contributed by atoms with E-state index >= 15 is 0 Å². The van der Waals surface area contributed by atoms with E-state index in [9.17, 15) is 0 Å². The number of benzene rings is 3. The van der Waals surface area contributed by atoms with Crippen LogP contribution in [0.1, 0.15) is 27.8 Å². The Morgan fingerprint density at radius 1 is 0.808 bits per heavy atom. The molecule has 1 N–H and O–H groups in total. The molecule has 0 unspecified atom stereocenters. The summed E-state index contributed by atoms with van der Waals surface area (Å²) in [7, 11) is 0. The van der Waals surface area contributed by atoms with Crippen LogP contribution < -0.4 is 10.1 Å². The Balaban J connectivity index is 1.59. The fraction of sp³-hybridized carbons (Fsp3) is 0.217. The average Bonchev–Trinajstić information content (AvgIpc) is 2.63. The number of nitrogens with one attached hydrogen (secondary N) is 1. The van der Waals surface area contributed by atoms with Gasteiger partial charge in [0.25, 0.3) is 0 Å². The topological polar surface area (TPSA) is 21.3 Å². The van der Waals surface area contributed by atoms with Gasteiger partial charge in [0.05, 0.1) is 4.47 Å². The minimum atomic E-state index is 0.569. The van der Waals surface area contributed by atoms with E-state index in [0.717, 1.165) is 22.5 Å². The second kappa shape index (κ2) is 8.41. The fourth-order valence-electron chi connectivity index (χ4n) is 2.67. The molecule has 2 nitrogen and oxygen atoms in total. The average molecular weight is 410 g/mol. The van der Waals surface area contributed by atoms with E-state index in [-0.39, 0.29) is 0 Å². The zero-order valence-electron chi connectivity index (χ0n) is 15.5. The highest BCUT2D eigenvalue weighted by Crippen LogP contribution is 2.27. The molecule has 3 heteroatoms. The van der Waals surface area contributed by atoms with E-state index in [0.29, 0.717) is 6.61 Å². The SMILES string of the molecule is Cc1ccc(COc2ccc(CNc3ccc(C)c(C)c3)cc2Br)cc1. The molecular formula is C23H24BrNO. The first-order valence-corrected chi connectivity index (χ1v) is 9.58. The van der Waals surface area contributed by atoms with Crippen molar-refractivity contribution in [3.63, 3.8) is 0 Å². The third-order valence-electron chi connectivity index (χ3n) is 4.51. The lowest BCUT2D eigenvalue weighted by atomic mass is 10.1. The van der Waals surface area contributed by atoms with Crippen molar-refractivity contribution in [2.45, 2.75) is 33.9 Å². The molecule has 0 fully saturated rings. The van der Waals surface area contributed by atoms with E-state index in [4.69, 9.17) is 4.74 Å². The first-order chi connectivity index (χ1) is 12.5. The first-order valence-electron chi connectivity index (χ1n) is 8.79. The molecule has 0 saturated carbocycles. The lowest BCUT2D eigenvalue weighted by Crippen LogP contribution is -2.01. The standard InChI is InChI=1S/C23H24BrNO/c1-16-4-7-19(8-5-16)15-26-23-11-9-20(13-22(23)24)14-25-21-10-6-17(2)18(3)12-21/h4-13,25H,14-15H2,1-3H3. The van der Waals surface area contributed by atoms with Gasteiger partial charge in [0.2, 0.25) is 0 Å². The molecule has 0 aliphatic heterocycles. The van der Waals surface area contributed by atoms with Crippen LogP contribution in [0.3, 0.4) is 0 Å². The zero-order chi connectivity index (χ0) is 18.5. The summed E-state index contributed by atoms with van der Waals surface area (Å²) in [5, 5.41) is 3.48. The van der Waals surface area contributed by atoms with Gasteiger partial charge in [0.15, 0.2) is 0 Å². The van der Waals surface area contributed by atoms with E-state index in [1.807, 2.05) is 6.07 Å². The highest BCUT2D eigenvalue weighted by Gasteiger charge is 2.04. The van der Waals surface area contributed by atoms with Gasteiger partial charge in [-0.15, -0.1) is 0 Å². The van der Waals surface area contributed by atoms with Gasteiger partial charge in [-0.25, -0.2) is 0 Å². The molecule has 3 aromatic rings. The third-order valence-corrected chi connectivity index (χ3v) is 5.13. The van der Waals surface area contributed by atoms with Crippen molar-refractivity contribution in [1.82, 2.24) is 0 Å². The Kier molecular flexibility index (Phi) is 6.00.